The first-order valence-electron chi connectivity index (χ1n) is 7.12. The molecule has 0 aliphatic heterocycles. The molecule has 0 unspecified atom stereocenters. The van der Waals surface area contributed by atoms with E-state index in [1.807, 2.05) is 30.3 Å². The first-order chi connectivity index (χ1) is 10.2. The number of ether oxygens (including phenoxy) is 1. The number of aliphatic carboxylic acids is 1. The summed E-state index contributed by atoms with van der Waals surface area (Å²) in [7, 11) is 0. The summed E-state index contributed by atoms with van der Waals surface area (Å²) in [6.45, 7) is 6.82. The first-order valence-corrected chi connectivity index (χ1v) is 7.12. The van der Waals surface area contributed by atoms with Gasteiger partial charge in [-0.1, -0.05) is 36.4 Å². The molecule has 5 heteroatoms. The maximum absolute atomic E-state index is 11.9. The van der Waals surface area contributed by atoms with E-state index in [4.69, 9.17) is 9.84 Å². The number of carbonyl (C=O) groups excluding carboxylic acids is 1. The average molecular weight is 305 g/mol. The Morgan fingerprint density at radius 3 is 2.36 bits per heavy atom. The molecule has 0 aliphatic rings. The Kier molecular flexibility index (Phi) is 6.16. The molecule has 0 saturated carbocycles. The van der Waals surface area contributed by atoms with Crippen LogP contribution in [0, 0.1) is 0 Å². The highest BCUT2D eigenvalue weighted by atomic mass is 16.6. The summed E-state index contributed by atoms with van der Waals surface area (Å²) in [4.78, 5) is 22.9. The van der Waals surface area contributed by atoms with Crippen molar-refractivity contribution in [3.8, 4) is 0 Å². The quantitative estimate of drug-likeness (QED) is 0.819. The lowest BCUT2D eigenvalue weighted by atomic mass is 10.0. The summed E-state index contributed by atoms with van der Waals surface area (Å²) in [6.07, 6.45) is 1.45. The second kappa shape index (κ2) is 7.64. The van der Waals surface area contributed by atoms with Gasteiger partial charge >= 0.3 is 12.1 Å². The zero-order valence-corrected chi connectivity index (χ0v) is 13.4. The number of carboxylic acid groups (broad SMARTS) is 1. The van der Waals surface area contributed by atoms with E-state index in [0.29, 0.717) is 6.42 Å². The molecule has 1 rings (SSSR count). The second-order valence-corrected chi connectivity index (χ2v) is 6.10. The highest BCUT2D eigenvalue weighted by Gasteiger charge is 2.19. The fourth-order valence-corrected chi connectivity index (χ4v) is 1.85. The molecule has 5 nitrogen and oxygen atoms in total. The van der Waals surface area contributed by atoms with Crippen LogP contribution in [0.2, 0.25) is 0 Å². The van der Waals surface area contributed by atoms with Gasteiger partial charge in [0.1, 0.15) is 5.60 Å². The van der Waals surface area contributed by atoms with E-state index in [2.05, 4.69) is 5.32 Å². The van der Waals surface area contributed by atoms with Gasteiger partial charge in [0.2, 0.25) is 0 Å². The Morgan fingerprint density at radius 2 is 1.86 bits per heavy atom. The number of hydrogen-bond donors (Lipinski definition) is 2. The minimum absolute atomic E-state index is 0.178. The lowest BCUT2D eigenvalue weighted by Crippen LogP contribution is -2.39. The highest BCUT2D eigenvalue weighted by Crippen LogP contribution is 2.10. The number of amides is 1. The van der Waals surface area contributed by atoms with Gasteiger partial charge in [-0.15, -0.1) is 0 Å². The molecule has 0 bridgehead atoms. The first kappa shape index (κ1) is 17.8. The highest BCUT2D eigenvalue weighted by molar-refractivity contribution is 5.86. The minimum atomic E-state index is -1.01. The summed E-state index contributed by atoms with van der Waals surface area (Å²) in [6, 6.07) is 9.09. The zero-order chi connectivity index (χ0) is 16.8. The number of nitrogens with one attached hydrogen (secondary N) is 1. The standard InChI is InChI=1S/C17H23NO4/c1-12(15(19)20)10-14(11-13-8-6-5-7-9-13)18-16(21)22-17(2,3)4/h5-10,14H,11H2,1-4H3,(H,18,21)(H,19,20)/b12-10+/t14-/m1/s1. The molecule has 0 aliphatic carbocycles. The summed E-state index contributed by atoms with van der Waals surface area (Å²) in [5, 5.41) is 11.7. The number of alkyl carbamates (subject to hydrolysis) is 1. The molecular weight excluding hydrogens is 282 g/mol. The molecule has 0 fully saturated rings. The predicted molar refractivity (Wildman–Crippen MR) is 84.7 cm³/mol. The Morgan fingerprint density at radius 1 is 1.27 bits per heavy atom. The van der Waals surface area contributed by atoms with E-state index in [0.717, 1.165) is 5.56 Å². The summed E-state index contributed by atoms with van der Waals surface area (Å²) in [5.74, 6) is -1.01. The smallest absolute Gasteiger partial charge is 0.408 e. The van der Waals surface area contributed by atoms with E-state index in [9.17, 15) is 9.59 Å². The van der Waals surface area contributed by atoms with Crippen LogP contribution in [0.4, 0.5) is 4.79 Å². The van der Waals surface area contributed by atoms with Crippen LogP contribution in [0.3, 0.4) is 0 Å². The van der Waals surface area contributed by atoms with E-state index in [1.165, 1.54) is 13.0 Å². The SMILES string of the molecule is C/C(=C\[C@H](Cc1ccccc1)NC(=O)OC(C)(C)C)C(=O)O. The van der Waals surface area contributed by atoms with Crippen LogP contribution in [-0.4, -0.2) is 28.8 Å². The van der Waals surface area contributed by atoms with Crippen molar-refractivity contribution >= 4 is 12.1 Å². The van der Waals surface area contributed by atoms with Gasteiger partial charge < -0.3 is 15.2 Å². The van der Waals surface area contributed by atoms with Gasteiger partial charge in [-0.2, -0.15) is 0 Å². The normalized spacial score (nSPS) is 13.4. The predicted octanol–water partition coefficient (Wildman–Crippen LogP) is 3.15. The van der Waals surface area contributed by atoms with Crippen molar-refractivity contribution in [2.75, 3.05) is 0 Å². The maximum Gasteiger partial charge on any atom is 0.408 e. The Balaban J connectivity index is 2.85. The van der Waals surface area contributed by atoms with Crippen molar-refractivity contribution in [2.45, 2.75) is 45.8 Å². The molecule has 1 aromatic carbocycles. The molecule has 1 amide bonds. The zero-order valence-electron chi connectivity index (χ0n) is 13.4. The van der Waals surface area contributed by atoms with E-state index in [-0.39, 0.29) is 5.57 Å². The molecule has 0 saturated heterocycles. The van der Waals surface area contributed by atoms with Crippen LogP contribution in [0.1, 0.15) is 33.3 Å². The van der Waals surface area contributed by atoms with Crippen LogP contribution >= 0.6 is 0 Å². The summed E-state index contributed by atoms with van der Waals surface area (Å²) < 4.78 is 5.22. The van der Waals surface area contributed by atoms with Gasteiger partial charge in [0.05, 0.1) is 6.04 Å². The molecule has 1 atom stereocenters. The van der Waals surface area contributed by atoms with Crippen LogP contribution in [0.25, 0.3) is 0 Å². The van der Waals surface area contributed by atoms with Crippen molar-refractivity contribution in [2.24, 2.45) is 0 Å². The van der Waals surface area contributed by atoms with E-state index >= 15 is 0 Å². The average Bonchev–Trinajstić information content (AvgIpc) is 2.37. The van der Waals surface area contributed by atoms with Gasteiger partial charge in [-0.25, -0.2) is 9.59 Å². The van der Waals surface area contributed by atoms with Gasteiger partial charge in [-0.3, -0.25) is 0 Å². The van der Waals surface area contributed by atoms with Crippen molar-refractivity contribution in [1.29, 1.82) is 0 Å². The van der Waals surface area contributed by atoms with Crippen molar-refractivity contribution in [3.63, 3.8) is 0 Å². The molecule has 22 heavy (non-hydrogen) atoms. The molecule has 0 aromatic heterocycles. The Bertz CT molecular complexity index is 544. The Labute approximate surface area is 131 Å². The number of benzene rings is 1. The summed E-state index contributed by atoms with van der Waals surface area (Å²) >= 11 is 0. The second-order valence-electron chi connectivity index (χ2n) is 6.10. The van der Waals surface area contributed by atoms with Crippen LogP contribution in [0.5, 0.6) is 0 Å². The molecule has 120 valence electrons. The number of carbonyl (C=O) groups is 2. The van der Waals surface area contributed by atoms with Crippen molar-refractivity contribution < 1.29 is 19.4 Å². The molecule has 0 radical (unpaired) electrons. The van der Waals surface area contributed by atoms with E-state index in [1.54, 1.807) is 20.8 Å². The fourth-order valence-electron chi connectivity index (χ4n) is 1.85. The van der Waals surface area contributed by atoms with Gasteiger partial charge in [0.25, 0.3) is 0 Å². The minimum Gasteiger partial charge on any atom is -0.478 e. The van der Waals surface area contributed by atoms with Crippen LogP contribution in [0.15, 0.2) is 42.0 Å². The fraction of sp³-hybridized carbons (Fsp3) is 0.412. The third-order valence-corrected chi connectivity index (χ3v) is 2.79. The van der Waals surface area contributed by atoms with Gasteiger partial charge in [-0.05, 0) is 39.7 Å². The topological polar surface area (TPSA) is 75.6 Å². The number of rotatable bonds is 5. The maximum atomic E-state index is 11.9. The number of carboxylic acids is 1. The Hall–Kier alpha value is -2.30. The summed E-state index contributed by atoms with van der Waals surface area (Å²) in [5.41, 5.74) is 0.572. The largest absolute Gasteiger partial charge is 0.478 e. The van der Waals surface area contributed by atoms with Crippen LogP contribution < -0.4 is 5.32 Å². The third kappa shape index (κ3) is 6.92. The van der Waals surface area contributed by atoms with E-state index < -0.39 is 23.7 Å². The number of hydrogen-bond acceptors (Lipinski definition) is 3. The van der Waals surface area contributed by atoms with Gasteiger partial charge in [0, 0.05) is 5.57 Å². The molecule has 1 aromatic rings. The third-order valence-electron chi connectivity index (χ3n) is 2.79. The van der Waals surface area contributed by atoms with Crippen molar-refractivity contribution in [1.82, 2.24) is 5.32 Å². The van der Waals surface area contributed by atoms with Gasteiger partial charge in [0.15, 0.2) is 0 Å². The molecule has 0 spiro atoms. The van der Waals surface area contributed by atoms with Crippen LogP contribution in [-0.2, 0) is 16.0 Å². The molecule has 0 heterocycles. The molecular formula is C17H23NO4. The lowest BCUT2D eigenvalue weighted by molar-refractivity contribution is -0.132. The molecule has 2 N–H and O–H groups in total. The monoisotopic (exact) mass is 305 g/mol. The van der Waals surface area contributed by atoms with Crippen molar-refractivity contribution in [3.05, 3.63) is 47.5 Å². The lowest BCUT2D eigenvalue weighted by Gasteiger charge is -2.22.